The molecule has 0 spiro atoms. The fraction of sp³-hybridized carbons (Fsp3) is 0.0588. The van der Waals surface area contributed by atoms with E-state index in [0.29, 0.717) is 17.9 Å². The molecule has 0 unspecified atom stereocenters. The van der Waals surface area contributed by atoms with E-state index >= 15 is 0 Å². The lowest BCUT2D eigenvalue weighted by Gasteiger charge is -2.08. The zero-order valence-electron chi connectivity index (χ0n) is 10.8. The Bertz CT molecular complexity index is 785. The van der Waals surface area contributed by atoms with Gasteiger partial charge in [0.15, 0.2) is 0 Å². The van der Waals surface area contributed by atoms with Crippen molar-refractivity contribution in [2.24, 2.45) is 0 Å². The number of nitriles is 1. The van der Waals surface area contributed by atoms with E-state index in [1.54, 1.807) is 18.3 Å². The highest BCUT2D eigenvalue weighted by Crippen LogP contribution is 2.19. The zero-order valence-corrected chi connectivity index (χ0v) is 10.8. The Morgan fingerprint density at radius 3 is 2.80 bits per heavy atom. The number of rotatable bonds is 3. The van der Waals surface area contributed by atoms with Gasteiger partial charge in [-0.1, -0.05) is 30.3 Å². The molecule has 0 aliphatic carbocycles. The maximum Gasteiger partial charge on any atom is 0.121 e. The lowest BCUT2D eigenvalue weighted by Crippen LogP contribution is -1.97. The summed E-state index contributed by atoms with van der Waals surface area (Å²) in [5.74, 6) is 0.692. The predicted molar refractivity (Wildman–Crippen MR) is 77.2 cm³/mol. The Kier molecular flexibility index (Phi) is 3.30. The molecule has 0 amide bonds. The van der Waals surface area contributed by atoms with Crippen LogP contribution in [-0.2, 0) is 6.61 Å². The molecule has 3 rings (SSSR count). The highest BCUT2D eigenvalue weighted by atomic mass is 16.5. The van der Waals surface area contributed by atoms with Gasteiger partial charge >= 0.3 is 0 Å². The Morgan fingerprint density at radius 2 is 1.90 bits per heavy atom. The summed E-state index contributed by atoms with van der Waals surface area (Å²) >= 11 is 0. The average Bonchev–Trinajstić information content (AvgIpc) is 2.53. The zero-order chi connectivity index (χ0) is 13.8. The molecule has 0 aliphatic heterocycles. The van der Waals surface area contributed by atoms with E-state index in [1.807, 2.05) is 42.5 Å². The number of pyridine rings is 1. The monoisotopic (exact) mass is 260 g/mol. The normalized spacial score (nSPS) is 10.2. The molecule has 0 radical (unpaired) electrons. The van der Waals surface area contributed by atoms with Gasteiger partial charge in [0.05, 0.1) is 17.1 Å². The van der Waals surface area contributed by atoms with Crippen LogP contribution in [-0.4, -0.2) is 4.98 Å². The van der Waals surface area contributed by atoms with E-state index in [1.165, 1.54) is 0 Å². The van der Waals surface area contributed by atoms with Gasteiger partial charge in [0.2, 0.25) is 0 Å². The summed E-state index contributed by atoms with van der Waals surface area (Å²) in [5.41, 5.74) is 2.58. The number of para-hydroxylation sites is 1. The van der Waals surface area contributed by atoms with Gasteiger partial charge in [-0.3, -0.25) is 4.98 Å². The largest absolute Gasteiger partial charge is 0.489 e. The van der Waals surface area contributed by atoms with Crippen molar-refractivity contribution in [3.8, 4) is 11.8 Å². The fourth-order valence-corrected chi connectivity index (χ4v) is 2.10. The van der Waals surface area contributed by atoms with Crippen molar-refractivity contribution in [1.82, 2.24) is 4.98 Å². The minimum absolute atomic E-state index is 0.434. The molecule has 0 saturated carbocycles. The van der Waals surface area contributed by atoms with Crippen molar-refractivity contribution < 1.29 is 4.74 Å². The maximum absolute atomic E-state index is 8.87. The summed E-state index contributed by atoms with van der Waals surface area (Å²) in [6.45, 7) is 0.434. The summed E-state index contributed by atoms with van der Waals surface area (Å²) in [5, 5.41) is 9.97. The summed E-state index contributed by atoms with van der Waals surface area (Å²) < 4.78 is 5.75. The van der Waals surface area contributed by atoms with Crippen molar-refractivity contribution in [1.29, 1.82) is 5.26 Å². The van der Waals surface area contributed by atoms with E-state index in [2.05, 4.69) is 11.1 Å². The van der Waals surface area contributed by atoms with Crippen LogP contribution in [0.4, 0.5) is 0 Å². The molecule has 20 heavy (non-hydrogen) atoms. The first kappa shape index (κ1) is 12.2. The van der Waals surface area contributed by atoms with Gasteiger partial charge in [0.25, 0.3) is 0 Å². The predicted octanol–water partition coefficient (Wildman–Crippen LogP) is 3.69. The Hall–Kier alpha value is -2.86. The van der Waals surface area contributed by atoms with Crippen LogP contribution in [0.2, 0.25) is 0 Å². The van der Waals surface area contributed by atoms with Gasteiger partial charge in [-0.15, -0.1) is 0 Å². The molecule has 0 atom stereocenters. The summed E-state index contributed by atoms with van der Waals surface area (Å²) in [6.07, 6.45) is 1.78. The summed E-state index contributed by atoms with van der Waals surface area (Å²) in [6, 6.07) is 19.2. The van der Waals surface area contributed by atoms with Gasteiger partial charge in [-0.2, -0.15) is 5.26 Å². The highest BCUT2D eigenvalue weighted by molar-refractivity contribution is 5.81. The Morgan fingerprint density at radius 1 is 1.05 bits per heavy atom. The standard InChI is InChI=1S/C17H12N2O/c18-11-13-4-1-8-16(10-13)20-12-15-6-2-5-14-7-3-9-19-17(14)15/h1-10H,12H2. The van der Waals surface area contributed by atoms with E-state index in [0.717, 1.165) is 16.5 Å². The smallest absolute Gasteiger partial charge is 0.121 e. The first-order chi connectivity index (χ1) is 9.86. The molecule has 1 heterocycles. The molecule has 0 saturated heterocycles. The number of fused-ring (bicyclic) bond motifs is 1. The second-order valence-corrected chi connectivity index (χ2v) is 4.42. The number of hydrogen-bond donors (Lipinski definition) is 0. The lowest BCUT2D eigenvalue weighted by molar-refractivity contribution is 0.307. The van der Waals surface area contributed by atoms with Gasteiger partial charge in [0.1, 0.15) is 12.4 Å². The highest BCUT2D eigenvalue weighted by Gasteiger charge is 2.03. The first-order valence-corrected chi connectivity index (χ1v) is 6.32. The lowest BCUT2D eigenvalue weighted by atomic mass is 10.1. The topological polar surface area (TPSA) is 45.9 Å². The van der Waals surface area contributed by atoms with E-state index < -0.39 is 0 Å². The van der Waals surface area contributed by atoms with Crippen LogP contribution < -0.4 is 4.74 Å². The summed E-state index contributed by atoms with van der Waals surface area (Å²) in [7, 11) is 0. The average molecular weight is 260 g/mol. The van der Waals surface area contributed by atoms with Gasteiger partial charge in [0, 0.05) is 17.1 Å². The van der Waals surface area contributed by atoms with Crippen LogP contribution in [0.3, 0.4) is 0 Å². The quantitative estimate of drug-likeness (QED) is 0.721. The number of benzene rings is 2. The number of aromatic nitrogens is 1. The van der Waals surface area contributed by atoms with Gasteiger partial charge in [-0.05, 0) is 24.3 Å². The second kappa shape index (κ2) is 5.41. The summed E-state index contributed by atoms with van der Waals surface area (Å²) in [4.78, 5) is 4.39. The number of nitrogens with zero attached hydrogens (tertiary/aromatic N) is 2. The van der Waals surface area contributed by atoms with Crippen molar-refractivity contribution in [2.75, 3.05) is 0 Å². The Labute approximate surface area is 117 Å². The minimum Gasteiger partial charge on any atom is -0.489 e. The van der Waals surface area contributed by atoms with Crippen LogP contribution in [0.1, 0.15) is 11.1 Å². The third kappa shape index (κ3) is 2.45. The molecule has 0 aliphatic rings. The first-order valence-electron chi connectivity index (χ1n) is 6.32. The molecular formula is C17H12N2O. The van der Waals surface area contributed by atoms with Crippen molar-refractivity contribution in [2.45, 2.75) is 6.61 Å². The second-order valence-electron chi connectivity index (χ2n) is 4.42. The molecule has 0 fully saturated rings. The van der Waals surface area contributed by atoms with Crippen LogP contribution in [0.25, 0.3) is 10.9 Å². The maximum atomic E-state index is 8.87. The molecule has 3 aromatic rings. The van der Waals surface area contributed by atoms with E-state index in [-0.39, 0.29) is 0 Å². The van der Waals surface area contributed by atoms with Gasteiger partial charge < -0.3 is 4.74 Å². The van der Waals surface area contributed by atoms with Crippen LogP contribution >= 0.6 is 0 Å². The number of hydrogen-bond acceptors (Lipinski definition) is 3. The molecule has 0 bridgehead atoms. The molecule has 2 aromatic carbocycles. The third-order valence-corrected chi connectivity index (χ3v) is 3.07. The van der Waals surface area contributed by atoms with Crippen LogP contribution in [0.15, 0.2) is 60.8 Å². The molecular weight excluding hydrogens is 248 g/mol. The van der Waals surface area contributed by atoms with Gasteiger partial charge in [-0.25, -0.2) is 0 Å². The van der Waals surface area contributed by atoms with Crippen LogP contribution in [0, 0.1) is 11.3 Å². The minimum atomic E-state index is 0.434. The molecule has 0 N–H and O–H groups in total. The molecule has 1 aromatic heterocycles. The van der Waals surface area contributed by atoms with Crippen LogP contribution in [0.5, 0.6) is 5.75 Å². The Balaban J connectivity index is 1.85. The number of ether oxygens (including phenoxy) is 1. The van der Waals surface area contributed by atoms with E-state index in [4.69, 9.17) is 10.00 Å². The van der Waals surface area contributed by atoms with E-state index in [9.17, 15) is 0 Å². The van der Waals surface area contributed by atoms with Crippen molar-refractivity contribution in [3.05, 3.63) is 71.9 Å². The third-order valence-electron chi connectivity index (χ3n) is 3.07. The van der Waals surface area contributed by atoms with Crippen molar-refractivity contribution >= 4 is 10.9 Å². The SMILES string of the molecule is N#Cc1cccc(OCc2cccc3cccnc23)c1. The molecule has 96 valence electrons. The molecule has 3 heteroatoms. The van der Waals surface area contributed by atoms with Crippen molar-refractivity contribution in [3.63, 3.8) is 0 Å². The molecule has 3 nitrogen and oxygen atoms in total. The fourth-order valence-electron chi connectivity index (χ4n) is 2.10.